The second-order valence-electron chi connectivity index (χ2n) is 2.53. The molecule has 66 valence electrons. The number of amides is 1. The third-order valence-electron chi connectivity index (χ3n) is 1.64. The molecular formula is C6H14ClN3O. The number of hydrogen-bond donors (Lipinski definition) is 3. The maximum Gasteiger partial charge on any atom is 0.233 e. The summed E-state index contributed by atoms with van der Waals surface area (Å²) in [4.78, 5) is 10.6. The molecule has 0 atom stereocenters. The van der Waals surface area contributed by atoms with Crippen LogP contribution in [0, 0.1) is 5.92 Å². The maximum absolute atomic E-state index is 10.6. The van der Waals surface area contributed by atoms with Crippen LogP contribution in [0.15, 0.2) is 0 Å². The Hall–Kier alpha value is -0.320. The van der Waals surface area contributed by atoms with E-state index in [0.717, 1.165) is 19.6 Å². The van der Waals surface area contributed by atoms with Gasteiger partial charge in [-0.1, -0.05) is 0 Å². The van der Waals surface area contributed by atoms with Crippen molar-refractivity contribution in [1.82, 2.24) is 10.6 Å². The lowest BCUT2D eigenvalue weighted by atomic mass is 10.0. The number of nitrogens with one attached hydrogen (secondary N) is 2. The number of halogens is 1. The minimum Gasteiger partial charge on any atom is -0.355 e. The van der Waals surface area contributed by atoms with Crippen LogP contribution in [0.1, 0.15) is 0 Å². The minimum atomic E-state index is -0.0631. The number of carbonyl (C=O) groups excluding carboxylic acids is 1. The van der Waals surface area contributed by atoms with Crippen LogP contribution in [0.4, 0.5) is 0 Å². The molecule has 0 spiro atoms. The Bertz CT molecular complexity index is 127. The molecule has 0 aliphatic carbocycles. The average Bonchev–Trinajstić information content (AvgIpc) is 1.84. The average molecular weight is 180 g/mol. The largest absolute Gasteiger partial charge is 0.355 e. The van der Waals surface area contributed by atoms with Gasteiger partial charge in [0.15, 0.2) is 0 Å². The Balaban J connectivity index is 0.000001000. The lowest BCUT2D eigenvalue weighted by Gasteiger charge is -2.26. The van der Waals surface area contributed by atoms with Crippen LogP contribution in [-0.4, -0.2) is 32.1 Å². The van der Waals surface area contributed by atoms with Gasteiger partial charge in [-0.15, -0.1) is 12.4 Å². The summed E-state index contributed by atoms with van der Waals surface area (Å²) >= 11 is 0. The lowest BCUT2D eigenvalue weighted by molar-refractivity contribution is -0.119. The quantitative estimate of drug-likeness (QED) is 0.505. The van der Waals surface area contributed by atoms with Crippen molar-refractivity contribution in [2.75, 3.05) is 26.2 Å². The van der Waals surface area contributed by atoms with Crippen molar-refractivity contribution < 1.29 is 4.79 Å². The van der Waals surface area contributed by atoms with Crippen LogP contribution in [0.25, 0.3) is 0 Å². The molecule has 1 aliphatic rings. The molecule has 4 nitrogen and oxygen atoms in total. The summed E-state index contributed by atoms with van der Waals surface area (Å²) in [5.41, 5.74) is 5.09. The van der Waals surface area contributed by atoms with Crippen molar-refractivity contribution in [3.8, 4) is 0 Å². The predicted octanol–water partition coefficient (Wildman–Crippen LogP) is -1.30. The highest BCUT2D eigenvalue weighted by Crippen LogP contribution is 1.98. The molecule has 0 aromatic rings. The van der Waals surface area contributed by atoms with E-state index in [0.29, 0.717) is 5.92 Å². The standard InChI is InChI=1S/C6H13N3O.ClH/c7-1-6(10)9-4-5-2-8-3-5;/h5,8H,1-4,7H2,(H,9,10);1H. The van der Waals surface area contributed by atoms with E-state index < -0.39 is 0 Å². The van der Waals surface area contributed by atoms with Crippen molar-refractivity contribution in [2.45, 2.75) is 0 Å². The van der Waals surface area contributed by atoms with E-state index in [1.165, 1.54) is 0 Å². The van der Waals surface area contributed by atoms with E-state index in [4.69, 9.17) is 5.73 Å². The normalized spacial score (nSPS) is 16.5. The molecule has 0 aromatic heterocycles. The van der Waals surface area contributed by atoms with Gasteiger partial charge in [-0.3, -0.25) is 4.79 Å². The zero-order chi connectivity index (χ0) is 7.40. The monoisotopic (exact) mass is 179 g/mol. The second kappa shape index (κ2) is 5.35. The zero-order valence-electron chi connectivity index (χ0n) is 6.30. The van der Waals surface area contributed by atoms with Crippen LogP contribution in [0.5, 0.6) is 0 Å². The molecule has 0 radical (unpaired) electrons. The summed E-state index contributed by atoms with van der Waals surface area (Å²) in [5, 5.41) is 5.85. The predicted molar refractivity (Wildman–Crippen MR) is 45.7 cm³/mol. The van der Waals surface area contributed by atoms with Crippen molar-refractivity contribution in [1.29, 1.82) is 0 Å². The molecule has 1 fully saturated rings. The fourth-order valence-corrected chi connectivity index (χ4v) is 0.823. The molecular weight excluding hydrogens is 166 g/mol. The first-order chi connectivity index (χ1) is 4.83. The van der Waals surface area contributed by atoms with Crippen LogP contribution in [0.2, 0.25) is 0 Å². The fraction of sp³-hybridized carbons (Fsp3) is 0.833. The molecule has 0 unspecified atom stereocenters. The van der Waals surface area contributed by atoms with E-state index in [-0.39, 0.29) is 24.9 Å². The Morgan fingerprint density at radius 2 is 2.27 bits per heavy atom. The van der Waals surface area contributed by atoms with Gasteiger partial charge < -0.3 is 16.4 Å². The Kier molecular flexibility index (Phi) is 5.19. The first-order valence-electron chi connectivity index (χ1n) is 3.50. The Morgan fingerprint density at radius 3 is 2.64 bits per heavy atom. The van der Waals surface area contributed by atoms with Gasteiger partial charge in [0.05, 0.1) is 6.54 Å². The molecule has 0 aromatic carbocycles. The Labute approximate surface area is 72.3 Å². The van der Waals surface area contributed by atoms with Crippen LogP contribution in [0.3, 0.4) is 0 Å². The first-order valence-corrected chi connectivity index (χ1v) is 3.50. The summed E-state index contributed by atoms with van der Waals surface area (Å²) < 4.78 is 0. The SMILES string of the molecule is Cl.NCC(=O)NCC1CNC1. The van der Waals surface area contributed by atoms with Gasteiger partial charge in [0, 0.05) is 25.6 Å². The van der Waals surface area contributed by atoms with Crippen molar-refractivity contribution in [3.63, 3.8) is 0 Å². The molecule has 1 rings (SSSR count). The van der Waals surface area contributed by atoms with Crippen molar-refractivity contribution in [2.24, 2.45) is 11.7 Å². The van der Waals surface area contributed by atoms with Crippen LogP contribution < -0.4 is 16.4 Å². The van der Waals surface area contributed by atoms with Gasteiger partial charge in [0.25, 0.3) is 0 Å². The highest BCUT2D eigenvalue weighted by Gasteiger charge is 2.16. The van der Waals surface area contributed by atoms with E-state index >= 15 is 0 Å². The third kappa shape index (κ3) is 3.55. The highest BCUT2D eigenvalue weighted by atomic mass is 35.5. The van der Waals surface area contributed by atoms with Gasteiger partial charge in [-0.05, 0) is 0 Å². The molecule has 1 heterocycles. The molecule has 0 saturated carbocycles. The van der Waals surface area contributed by atoms with Crippen LogP contribution in [-0.2, 0) is 4.79 Å². The summed E-state index contributed by atoms with van der Waals surface area (Å²) in [6.07, 6.45) is 0. The molecule has 0 bridgehead atoms. The smallest absolute Gasteiger partial charge is 0.233 e. The molecule has 1 saturated heterocycles. The number of hydrogen-bond acceptors (Lipinski definition) is 3. The summed E-state index contributed by atoms with van der Waals surface area (Å²) in [7, 11) is 0. The Morgan fingerprint density at radius 1 is 1.64 bits per heavy atom. The molecule has 1 amide bonds. The summed E-state index contributed by atoms with van der Waals surface area (Å²) in [6, 6.07) is 0. The van der Waals surface area contributed by atoms with E-state index in [1.807, 2.05) is 0 Å². The highest BCUT2D eigenvalue weighted by molar-refractivity contribution is 5.85. The number of nitrogens with two attached hydrogens (primary N) is 1. The molecule has 4 N–H and O–H groups in total. The maximum atomic E-state index is 10.6. The second-order valence-corrected chi connectivity index (χ2v) is 2.53. The van der Waals surface area contributed by atoms with Crippen molar-refractivity contribution in [3.05, 3.63) is 0 Å². The number of carbonyl (C=O) groups is 1. The first kappa shape index (κ1) is 10.7. The summed E-state index contributed by atoms with van der Waals surface area (Å²) in [6.45, 7) is 2.90. The topological polar surface area (TPSA) is 67.2 Å². The number of rotatable bonds is 3. The molecule has 5 heteroatoms. The third-order valence-corrected chi connectivity index (χ3v) is 1.64. The molecule has 1 aliphatic heterocycles. The van der Waals surface area contributed by atoms with E-state index in [1.54, 1.807) is 0 Å². The van der Waals surface area contributed by atoms with Crippen molar-refractivity contribution >= 4 is 18.3 Å². The molecule has 11 heavy (non-hydrogen) atoms. The zero-order valence-corrected chi connectivity index (χ0v) is 7.12. The lowest BCUT2D eigenvalue weighted by Crippen LogP contribution is -2.48. The van der Waals surface area contributed by atoms with Gasteiger partial charge in [0.1, 0.15) is 0 Å². The van der Waals surface area contributed by atoms with Crippen LogP contribution >= 0.6 is 12.4 Å². The minimum absolute atomic E-state index is 0. The van der Waals surface area contributed by atoms with Gasteiger partial charge in [-0.25, -0.2) is 0 Å². The van der Waals surface area contributed by atoms with Gasteiger partial charge in [-0.2, -0.15) is 0 Å². The van der Waals surface area contributed by atoms with Gasteiger partial charge in [0.2, 0.25) is 5.91 Å². The fourth-order valence-electron chi connectivity index (χ4n) is 0.823. The van der Waals surface area contributed by atoms with E-state index in [2.05, 4.69) is 10.6 Å². The van der Waals surface area contributed by atoms with E-state index in [9.17, 15) is 4.79 Å². The summed E-state index contributed by atoms with van der Waals surface area (Å²) in [5.74, 6) is 0.558. The van der Waals surface area contributed by atoms with Gasteiger partial charge >= 0.3 is 0 Å².